The van der Waals surface area contributed by atoms with Crippen LogP contribution in [-0.2, 0) is 11.3 Å². The summed E-state index contributed by atoms with van der Waals surface area (Å²) in [6, 6.07) is 0. The van der Waals surface area contributed by atoms with Crippen molar-refractivity contribution >= 4 is 34.8 Å². The van der Waals surface area contributed by atoms with Crippen LogP contribution in [0.2, 0.25) is 0 Å². The lowest BCUT2D eigenvalue weighted by Crippen LogP contribution is -2.53. The number of amides is 2. The number of carbonyl (C=O) groups is 2. The third kappa shape index (κ3) is 6.35. The molecule has 0 bridgehead atoms. The van der Waals surface area contributed by atoms with Crippen LogP contribution in [0.3, 0.4) is 0 Å². The number of halogens is 2. The van der Waals surface area contributed by atoms with Gasteiger partial charge in [-0.15, -0.1) is 0 Å². The number of nitrogen functional groups attached to an aromatic ring is 1. The Bertz CT molecular complexity index is 1330. The van der Waals surface area contributed by atoms with E-state index in [1.807, 2.05) is 9.80 Å². The van der Waals surface area contributed by atoms with E-state index in [0.717, 1.165) is 77.1 Å². The molecule has 10 nitrogen and oxygen atoms in total. The summed E-state index contributed by atoms with van der Waals surface area (Å²) in [4.78, 5) is 33.8. The molecule has 1 atom stereocenters. The van der Waals surface area contributed by atoms with E-state index in [9.17, 15) is 9.59 Å². The van der Waals surface area contributed by atoms with Crippen LogP contribution >= 0.6 is 0 Å². The molecule has 0 radical (unpaired) electrons. The van der Waals surface area contributed by atoms with Crippen molar-refractivity contribution in [2.24, 2.45) is 5.92 Å². The van der Waals surface area contributed by atoms with Crippen molar-refractivity contribution in [3.8, 4) is 0 Å². The number of carbonyl (C=O) groups excluding carboxylic acids is 2. The maximum absolute atomic E-state index is 15.9. The highest BCUT2D eigenvalue weighted by atomic mass is 19.1. The number of likely N-dealkylation sites (tertiary alicyclic amines) is 1. The van der Waals surface area contributed by atoms with E-state index in [1.165, 1.54) is 23.7 Å². The van der Waals surface area contributed by atoms with Gasteiger partial charge in [-0.25, -0.2) is 13.5 Å². The van der Waals surface area contributed by atoms with Gasteiger partial charge in [-0.2, -0.15) is 5.10 Å². The highest BCUT2D eigenvalue weighted by Crippen LogP contribution is 2.41. The molecule has 44 heavy (non-hydrogen) atoms. The van der Waals surface area contributed by atoms with Gasteiger partial charge in [0, 0.05) is 32.6 Å². The predicted molar refractivity (Wildman–Crippen MR) is 167 cm³/mol. The van der Waals surface area contributed by atoms with Crippen molar-refractivity contribution in [3.05, 3.63) is 23.8 Å². The molecule has 1 aliphatic carbocycles. The van der Waals surface area contributed by atoms with Crippen LogP contribution in [0.4, 0.5) is 31.8 Å². The fraction of sp³-hybridized carbons (Fsp3) is 0.688. The molecular weight excluding hydrogens is 566 g/mol. The second kappa shape index (κ2) is 13.3. The summed E-state index contributed by atoms with van der Waals surface area (Å²) >= 11 is 0. The van der Waals surface area contributed by atoms with Gasteiger partial charge in [0.25, 0.3) is 5.91 Å². The van der Waals surface area contributed by atoms with Gasteiger partial charge in [-0.1, -0.05) is 51.4 Å². The highest BCUT2D eigenvalue weighted by Gasteiger charge is 2.45. The van der Waals surface area contributed by atoms with Gasteiger partial charge >= 0.3 is 0 Å². The van der Waals surface area contributed by atoms with Crippen molar-refractivity contribution < 1.29 is 18.4 Å². The van der Waals surface area contributed by atoms with E-state index in [1.54, 1.807) is 0 Å². The number of anilines is 4. The zero-order valence-electron chi connectivity index (χ0n) is 25.6. The van der Waals surface area contributed by atoms with Crippen LogP contribution in [0.25, 0.3) is 0 Å². The number of pyridine rings is 1. The summed E-state index contributed by atoms with van der Waals surface area (Å²) in [6.07, 6.45) is 14.7. The molecule has 6 rings (SSSR count). The van der Waals surface area contributed by atoms with Gasteiger partial charge in [-0.05, 0) is 38.0 Å². The molecule has 240 valence electrons. The summed E-state index contributed by atoms with van der Waals surface area (Å²) in [5.41, 5.74) is 6.20. The quantitative estimate of drug-likeness (QED) is 0.407. The van der Waals surface area contributed by atoms with Crippen molar-refractivity contribution in [1.29, 1.82) is 0 Å². The van der Waals surface area contributed by atoms with Crippen molar-refractivity contribution in [2.75, 3.05) is 47.4 Å². The van der Waals surface area contributed by atoms with E-state index in [0.29, 0.717) is 49.8 Å². The molecule has 4 N–H and O–H groups in total. The molecule has 1 saturated carbocycles. The molecule has 12 heteroatoms. The first-order valence-electron chi connectivity index (χ1n) is 16.6. The first-order chi connectivity index (χ1) is 21.3. The monoisotopic (exact) mass is 612 g/mol. The van der Waals surface area contributed by atoms with Crippen molar-refractivity contribution in [1.82, 2.24) is 19.7 Å². The average Bonchev–Trinajstić information content (AvgIpc) is 3.53. The lowest BCUT2D eigenvalue weighted by molar-refractivity contribution is -0.128. The van der Waals surface area contributed by atoms with E-state index in [-0.39, 0.29) is 29.5 Å². The smallest absolute Gasteiger partial charge is 0.263 e. The fourth-order valence-corrected chi connectivity index (χ4v) is 7.68. The SMILES string of the molecule is Nc1nn2c(c1C(=O)Nc1cncc(F)c1N1CCC(CN3CCCC3=O)CC1)NC1(CCCCCCCCCC1)C(F)C2. The van der Waals surface area contributed by atoms with Gasteiger partial charge < -0.3 is 26.2 Å². The average molecular weight is 613 g/mol. The van der Waals surface area contributed by atoms with E-state index in [4.69, 9.17) is 5.73 Å². The molecule has 4 aliphatic rings. The topological polar surface area (TPSA) is 121 Å². The van der Waals surface area contributed by atoms with Gasteiger partial charge in [0.05, 0.1) is 30.2 Å². The van der Waals surface area contributed by atoms with E-state index >= 15 is 8.78 Å². The number of alkyl halides is 1. The van der Waals surface area contributed by atoms with Gasteiger partial charge in [0.15, 0.2) is 11.6 Å². The Morgan fingerprint density at radius 2 is 1.70 bits per heavy atom. The number of nitrogens with one attached hydrogen (secondary N) is 2. The van der Waals surface area contributed by atoms with Gasteiger partial charge in [0.1, 0.15) is 23.2 Å². The maximum Gasteiger partial charge on any atom is 0.263 e. The number of fused-ring (bicyclic) bond motifs is 1. The molecule has 2 aromatic rings. The lowest BCUT2D eigenvalue weighted by Gasteiger charge is -2.42. The van der Waals surface area contributed by atoms with Gasteiger partial charge in [0.2, 0.25) is 5.91 Å². The maximum atomic E-state index is 15.9. The highest BCUT2D eigenvalue weighted by molar-refractivity contribution is 6.12. The molecule has 2 aromatic heterocycles. The Kier molecular flexibility index (Phi) is 9.23. The minimum atomic E-state index is -1.16. The predicted octanol–water partition coefficient (Wildman–Crippen LogP) is 5.51. The Morgan fingerprint density at radius 1 is 1.02 bits per heavy atom. The van der Waals surface area contributed by atoms with Gasteiger partial charge in [-0.3, -0.25) is 14.6 Å². The molecule has 3 aliphatic heterocycles. The number of nitrogens with two attached hydrogens (primary N) is 1. The second-order valence-corrected chi connectivity index (χ2v) is 13.2. The first kappa shape index (κ1) is 30.6. The summed E-state index contributed by atoms with van der Waals surface area (Å²) in [7, 11) is 0. The Balaban J connectivity index is 1.19. The summed E-state index contributed by atoms with van der Waals surface area (Å²) in [5.74, 6) is -0.0371. The van der Waals surface area contributed by atoms with Crippen LogP contribution in [0.5, 0.6) is 0 Å². The van der Waals surface area contributed by atoms with Crippen molar-refractivity contribution in [3.63, 3.8) is 0 Å². The summed E-state index contributed by atoms with van der Waals surface area (Å²) in [5, 5.41) is 10.6. The Morgan fingerprint density at radius 3 is 2.36 bits per heavy atom. The molecule has 1 spiro atoms. The zero-order chi connectivity index (χ0) is 30.7. The molecule has 2 saturated heterocycles. The van der Waals surface area contributed by atoms with E-state index < -0.39 is 23.4 Å². The number of hydrogen-bond acceptors (Lipinski definition) is 7. The lowest BCUT2D eigenvalue weighted by atomic mass is 9.81. The summed E-state index contributed by atoms with van der Waals surface area (Å²) in [6.45, 7) is 2.80. The molecular formula is C32H46F2N8O2. The van der Waals surface area contributed by atoms with Crippen LogP contribution in [0.15, 0.2) is 12.4 Å². The summed E-state index contributed by atoms with van der Waals surface area (Å²) < 4.78 is 32.6. The Labute approximate surface area is 258 Å². The Hall–Kier alpha value is -3.44. The normalized spacial score (nSPS) is 23.2. The molecule has 3 fully saturated rings. The number of hydrogen-bond donors (Lipinski definition) is 3. The minimum absolute atomic E-state index is 0.00843. The van der Waals surface area contributed by atoms with Crippen LogP contribution < -0.4 is 21.3 Å². The van der Waals surface area contributed by atoms with Crippen molar-refractivity contribution in [2.45, 2.75) is 108 Å². The standard InChI is InChI=1S/C32H46F2N8O2/c33-23-18-36-19-24(28(23)40-16-11-22(12-17-40)20-41-15-9-10-26(41)43)37-31(44)27-29(35)39-42-21-25(34)32(38-30(27)42)13-7-5-3-1-2-4-6-8-14-32/h18-19,22,25,38H,1-17,20-21H2,(H2,35,39)(H,37,44). The number of nitrogens with zero attached hydrogens (tertiary/aromatic N) is 5. The minimum Gasteiger partial charge on any atom is -0.381 e. The fourth-order valence-electron chi connectivity index (χ4n) is 7.68. The number of rotatable bonds is 5. The van der Waals surface area contributed by atoms with E-state index in [2.05, 4.69) is 20.7 Å². The van der Waals surface area contributed by atoms with Crippen LogP contribution in [0.1, 0.15) is 100 Å². The molecule has 1 unspecified atom stereocenters. The molecule has 0 aromatic carbocycles. The second-order valence-electron chi connectivity index (χ2n) is 13.2. The van der Waals surface area contributed by atoms with Crippen LogP contribution in [0, 0.1) is 11.7 Å². The van der Waals surface area contributed by atoms with Crippen LogP contribution in [-0.4, -0.2) is 69.4 Å². The first-order valence-corrected chi connectivity index (χ1v) is 16.6. The zero-order valence-corrected chi connectivity index (χ0v) is 25.6. The third-order valence-corrected chi connectivity index (χ3v) is 10.2. The third-order valence-electron chi connectivity index (χ3n) is 10.2. The largest absolute Gasteiger partial charge is 0.381 e. The number of aromatic nitrogens is 3. The molecule has 2 amide bonds. The molecule has 5 heterocycles. The number of piperidine rings is 1.